The van der Waals surface area contributed by atoms with Crippen molar-refractivity contribution in [1.29, 1.82) is 0 Å². The highest BCUT2D eigenvalue weighted by Gasteiger charge is 1.98. The number of pyridine rings is 1. The molecule has 1 atom stereocenters. The molecule has 0 aliphatic carbocycles. The van der Waals surface area contributed by atoms with Crippen LogP contribution >= 0.6 is 0 Å². The SMILES string of the molecule is CC(N)CCCOc1ccc2ncccc2c1. The summed E-state index contributed by atoms with van der Waals surface area (Å²) in [6, 6.07) is 10.2. The Morgan fingerprint density at radius 1 is 1.35 bits per heavy atom. The second kappa shape index (κ2) is 5.64. The third-order valence-corrected chi connectivity index (χ3v) is 2.65. The van der Waals surface area contributed by atoms with Crippen LogP contribution in [-0.2, 0) is 0 Å². The molecule has 2 rings (SSSR count). The fraction of sp³-hybridized carbons (Fsp3) is 0.357. The molecule has 1 unspecified atom stereocenters. The van der Waals surface area contributed by atoms with Gasteiger partial charge in [-0.2, -0.15) is 0 Å². The van der Waals surface area contributed by atoms with E-state index in [1.54, 1.807) is 6.20 Å². The Morgan fingerprint density at radius 2 is 2.24 bits per heavy atom. The van der Waals surface area contributed by atoms with Crippen molar-refractivity contribution in [2.75, 3.05) is 6.61 Å². The summed E-state index contributed by atoms with van der Waals surface area (Å²) in [5, 5.41) is 1.11. The molecule has 0 fully saturated rings. The molecule has 0 radical (unpaired) electrons. The van der Waals surface area contributed by atoms with Crippen molar-refractivity contribution < 1.29 is 4.74 Å². The first-order valence-corrected chi connectivity index (χ1v) is 5.99. The lowest BCUT2D eigenvalue weighted by atomic mass is 10.2. The minimum absolute atomic E-state index is 0.249. The van der Waals surface area contributed by atoms with Crippen LogP contribution < -0.4 is 10.5 Å². The highest BCUT2D eigenvalue weighted by Crippen LogP contribution is 2.19. The Kier molecular flexibility index (Phi) is 3.94. The highest BCUT2D eigenvalue weighted by atomic mass is 16.5. The van der Waals surface area contributed by atoms with Crippen molar-refractivity contribution in [3.63, 3.8) is 0 Å². The minimum Gasteiger partial charge on any atom is -0.494 e. The molecule has 0 saturated heterocycles. The Balaban J connectivity index is 1.95. The lowest BCUT2D eigenvalue weighted by Crippen LogP contribution is -2.15. The maximum absolute atomic E-state index is 5.68. The van der Waals surface area contributed by atoms with Crippen molar-refractivity contribution in [2.45, 2.75) is 25.8 Å². The van der Waals surface area contributed by atoms with Gasteiger partial charge in [0.15, 0.2) is 0 Å². The van der Waals surface area contributed by atoms with Crippen LogP contribution in [0.1, 0.15) is 19.8 Å². The maximum atomic E-state index is 5.68. The summed E-state index contributed by atoms with van der Waals surface area (Å²) in [5.41, 5.74) is 6.68. The zero-order valence-electron chi connectivity index (χ0n) is 10.1. The van der Waals surface area contributed by atoms with E-state index in [1.807, 2.05) is 37.3 Å². The Morgan fingerprint density at radius 3 is 3.06 bits per heavy atom. The molecule has 1 aromatic heterocycles. The van der Waals surface area contributed by atoms with Crippen molar-refractivity contribution in [2.24, 2.45) is 5.73 Å². The van der Waals surface area contributed by atoms with Crippen LogP contribution in [0.5, 0.6) is 5.75 Å². The number of benzene rings is 1. The van der Waals surface area contributed by atoms with E-state index in [0.717, 1.165) is 29.5 Å². The number of nitrogens with zero attached hydrogens (tertiary/aromatic N) is 1. The van der Waals surface area contributed by atoms with E-state index in [4.69, 9.17) is 10.5 Å². The smallest absolute Gasteiger partial charge is 0.120 e. The lowest BCUT2D eigenvalue weighted by molar-refractivity contribution is 0.303. The van der Waals surface area contributed by atoms with E-state index < -0.39 is 0 Å². The molecule has 3 nitrogen and oxygen atoms in total. The molecule has 0 amide bonds. The predicted octanol–water partition coefficient (Wildman–Crippen LogP) is 2.74. The number of aromatic nitrogens is 1. The van der Waals surface area contributed by atoms with E-state index in [1.165, 1.54) is 0 Å². The van der Waals surface area contributed by atoms with E-state index in [-0.39, 0.29) is 6.04 Å². The van der Waals surface area contributed by atoms with Crippen LogP contribution in [0.2, 0.25) is 0 Å². The summed E-state index contributed by atoms with van der Waals surface area (Å²) >= 11 is 0. The van der Waals surface area contributed by atoms with Crippen LogP contribution in [0.3, 0.4) is 0 Å². The van der Waals surface area contributed by atoms with Crippen LogP contribution in [0.25, 0.3) is 10.9 Å². The van der Waals surface area contributed by atoms with Gasteiger partial charge in [0.1, 0.15) is 5.75 Å². The summed E-state index contributed by atoms with van der Waals surface area (Å²) in [4.78, 5) is 4.27. The number of hydrogen-bond acceptors (Lipinski definition) is 3. The van der Waals surface area contributed by atoms with Gasteiger partial charge >= 0.3 is 0 Å². The van der Waals surface area contributed by atoms with E-state index in [2.05, 4.69) is 4.98 Å². The molecule has 17 heavy (non-hydrogen) atoms. The molecule has 2 aromatic rings. The van der Waals surface area contributed by atoms with Gasteiger partial charge in [-0.1, -0.05) is 6.07 Å². The van der Waals surface area contributed by atoms with Crippen molar-refractivity contribution in [1.82, 2.24) is 4.98 Å². The number of rotatable bonds is 5. The Bertz CT molecular complexity index is 482. The second-order valence-electron chi connectivity index (χ2n) is 4.33. The highest BCUT2D eigenvalue weighted by molar-refractivity contribution is 5.79. The standard InChI is InChI=1S/C14H18N2O/c1-11(15)4-3-9-17-13-6-7-14-12(10-13)5-2-8-16-14/h2,5-8,10-11H,3-4,9,15H2,1H3. The molecule has 90 valence electrons. The normalized spacial score (nSPS) is 12.6. The number of fused-ring (bicyclic) bond motifs is 1. The third-order valence-electron chi connectivity index (χ3n) is 2.65. The number of ether oxygens (including phenoxy) is 1. The molecule has 0 spiro atoms. The van der Waals surface area contributed by atoms with Gasteiger partial charge in [-0.25, -0.2) is 0 Å². The van der Waals surface area contributed by atoms with Gasteiger partial charge < -0.3 is 10.5 Å². The summed E-state index contributed by atoms with van der Waals surface area (Å²) in [6.07, 6.45) is 3.78. The molecule has 2 N–H and O–H groups in total. The average Bonchev–Trinajstić information content (AvgIpc) is 2.34. The van der Waals surface area contributed by atoms with Gasteiger partial charge in [0.25, 0.3) is 0 Å². The van der Waals surface area contributed by atoms with Crippen LogP contribution in [0, 0.1) is 0 Å². The molecule has 0 aliphatic heterocycles. The van der Waals surface area contributed by atoms with Gasteiger partial charge in [0.05, 0.1) is 12.1 Å². The van der Waals surface area contributed by atoms with Crippen molar-refractivity contribution in [3.05, 3.63) is 36.5 Å². The number of hydrogen-bond donors (Lipinski definition) is 1. The Labute approximate surface area is 102 Å². The molecular weight excluding hydrogens is 212 g/mol. The molecular formula is C14H18N2O. The van der Waals surface area contributed by atoms with Crippen LogP contribution in [0.4, 0.5) is 0 Å². The zero-order chi connectivity index (χ0) is 12.1. The first-order chi connectivity index (χ1) is 8.25. The molecule has 0 aliphatic rings. The van der Waals surface area contributed by atoms with Crippen molar-refractivity contribution >= 4 is 10.9 Å². The van der Waals surface area contributed by atoms with Gasteiger partial charge in [-0.3, -0.25) is 4.98 Å². The predicted molar refractivity (Wildman–Crippen MR) is 70.1 cm³/mol. The molecule has 1 heterocycles. The molecule has 3 heteroatoms. The van der Waals surface area contributed by atoms with E-state index in [9.17, 15) is 0 Å². The van der Waals surface area contributed by atoms with E-state index in [0.29, 0.717) is 6.61 Å². The second-order valence-corrected chi connectivity index (χ2v) is 4.33. The zero-order valence-corrected chi connectivity index (χ0v) is 10.1. The quantitative estimate of drug-likeness (QED) is 0.803. The maximum Gasteiger partial charge on any atom is 0.120 e. The third kappa shape index (κ3) is 3.43. The van der Waals surface area contributed by atoms with Gasteiger partial charge in [0.2, 0.25) is 0 Å². The molecule has 1 aromatic carbocycles. The van der Waals surface area contributed by atoms with Gasteiger partial charge in [-0.05, 0) is 44.0 Å². The topological polar surface area (TPSA) is 48.1 Å². The summed E-state index contributed by atoms with van der Waals surface area (Å²) < 4.78 is 5.68. The van der Waals surface area contributed by atoms with Crippen LogP contribution in [0.15, 0.2) is 36.5 Å². The lowest BCUT2D eigenvalue weighted by Gasteiger charge is -2.08. The first kappa shape index (κ1) is 11.9. The Hall–Kier alpha value is -1.61. The monoisotopic (exact) mass is 230 g/mol. The number of nitrogens with two attached hydrogens (primary N) is 1. The van der Waals surface area contributed by atoms with E-state index >= 15 is 0 Å². The van der Waals surface area contributed by atoms with Crippen molar-refractivity contribution in [3.8, 4) is 5.75 Å². The largest absolute Gasteiger partial charge is 0.494 e. The molecule has 0 bridgehead atoms. The van der Waals surface area contributed by atoms with Gasteiger partial charge in [0, 0.05) is 17.6 Å². The summed E-state index contributed by atoms with van der Waals surface area (Å²) in [5.74, 6) is 0.898. The summed E-state index contributed by atoms with van der Waals surface area (Å²) in [7, 11) is 0. The van der Waals surface area contributed by atoms with Crippen LogP contribution in [-0.4, -0.2) is 17.6 Å². The first-order valence-electron chi connectivity index (χ1n) is 5.99. The molecule has 0 saturated carbocycles. The fourth-order valence-electron chi connectivity index (χ4n) is 1.74. The minimum atomic E-state index is 0.249. The fourth-order valence-corrected chi connectivity index (χ4v) is 1.74. The van der Waals surface area contributed by atoms with Gasteiger partial charge in [-0.15, -0.1) is 0 Å². The summed E-state index contributed by atoms with van der Waals surface area (Å²) in [6.45, 7) is 2.73. The average molecular weight is 230 g/mol.